The van der Waals surface area contributed by atoms with Gasteiger partial charge in [-0.1, -0.05) is 273 Å². The van der Waals surface area contributed by atoms with Crippen LogP contribution < -0.4 is 46.2 Å². The maximum Gasteiger partial charge on any atom is 0.264 e. The Morgan fingerprint density at radius 3 is 1.61 bits per heavy atom. The molecule has 0 amide bonds. The molecule has 18 rings (SSSR count). The molecule has 3 aliphatic heterocycles. The maximum atomic E-state index is 2.73. The van der Waals surface area contributed by atoms with Crippen LogP contribution in [0, 0.1) is 0 Å². The summed E-state index contributed by atoms with van der Waals surface area (Å²) in [6.45, 7) is 16.8. The van der Waals surface area contributed by atoms with E-state index < -0.39 is 13.5 Å². The first kappa shape index (κ1) is 56.6. The van der Waals surface area contributed by atoms with Crippen LogP contribution in [0.2, 0.25) is 0 Å². The second-order valence-corrected chi connectivity index (χ2v) is 34.9. The quantitative estimate of drug-likeness (QED) is 0.116. The van der Waals surface area contributed by atoms with Crippen molar-refractivity contribution in [2.75, 3.05) is 9.80 Å². The number of nitrogens with zero attached hydrogens (tertiary/aromatic N) is 2. The summed E-state index contributed by atoms with van der Waals surface area (Å²) in [6, 6.07) is 109. The SMILES string of the molecule is CC(C)(C)c1ccc(N2c3cc4c(cc3B3c5sc6ccc(-c7ccccc7)cc6c5N(c5ccccc5)c5cc([Si](c6ccccc6)(c6ccccc6)c6ccc7c(c6)C(C)(C)CCC7(C)C)cc2c53)-c2ccccc2C42c3ccccc3Sc3ccccc32)cc1. The first-order chi connectivity index (χ1) is 45.2. The van der Waals surface area contributed by atoms with E-state index in [1.807, 2.05) is 23.1 Å². The lowest BCUT2D eigenvalue weighted by Gasteiger charge is -2.46. The number of benzene rings is 12. The topological polar surface area (TPSA) is 6.48 Å². The van der Waals surface area contributed by atoms with Crippen molar-refractivity contribution in [3.8, 4) is 22.3 Å². The van der Waals surface area contributed by atoms with Crippen LogP contribution in [-0.2, 0) is 21.7 Å². The van der Waals surface area contributed by atoms with Crippen molar-refractivity contribution >= 4 is 119 Å². The lowest BCUT2D eigenvalue weighted by Crippen LogP contribution is -2.75. The van der Waals surface area contributed by atoms with Crippen molar-refractivity contribution in [2.24, 2.45) is 0 Å². The van der Waals surface area contributed by atoms with Gasteiger partial charge >= 0.3 is 0 Å². The smallest absolute Gasteiger partial charge is 0.264 e. The average molecular weight is 1250 g/mol. The summed E-state index contributed by atoms with van der Waals surface area (Å²) in [5, 5.41) is 6.77. The fourth-order valence-corrected chi connectivity index (χ4v) is 24.6. The molecule has 0 saturated heterocycles. The minimum absolute atomic E-state index is 0.0162. The van der Waals surface area contributed by atoms with E-state index >= 15 is 0 Å². The third-order valence-electron chi connectivity index (χ3n) is 21.9. The molecule has 0 saturated carbocycles. The third kappa shape index (κ3) is 8.20. The molecule has 5 aliphatic rings. The first-order valence-electron chi connectivity index (χ1n) is 33.2. The van der Waals surface area contributed by atoms with Crippen molar-refractivity contribution < 1.29 is 0 Å². The molecular formula is C87H71BN2S2Si. The second-order valence-electron chi connectivity index (χ2n) is 28.9. The van der Waals surface area contributed by atoms with Gasteiger partial charge in [-0.2, -0.15) is 0 Å². The van der Waals surface area contributed by atoms with E-state index in [9.17, 15) is 0 Å². The summed E-state index contributed by atoms with van der Waals surface area (Å²) in [5.74, 6) is 0. The van der Waals surface area contributed by atoms with Gasteiger partial charge in [0.15, 0.2) is 8.07 Å². The molecule has 12 aromatic carbocycles. The molecule has 6 heteroatoms. The number of fused-ring (bicyclic) bond motifs is 16. The van der Waals surface area contributed by atoms with Gasteiger partial charge < -0.3 is 9.80 Å². The molecule has 13 aromatic rings. The van der Waals surface area contributed by atoms with Crippen molar-refractivity contribution in [1.29, 1.82) is 0 Å². The molecule has 2 aliphatic carbocycles. The zero-order valence-corrected chi connectivity index (χ0v) is 56.4. The van der Waals surface area contributed by atoms with E-state index in [0.717, 1.165) is 24.2 Å². The molecule has 93 heavy (non-hydrogen) atoms. The Kier molecular flexibility index (Phi) is 12.6. The van der Waals surface area contributed by atoms with Crippen molar-refractivity contribution in [3.05, 3.63) is 318 Å². The minimum Gasteiger partial charge on any atom is -0.311 e. The molecule has 448 valence electrons. The summed E-state index contributed by atoms with van der Waals surface area (Å²) in [6.07, 6.45) is 2.29. The van der Waals surface area contributed by atoms with Crippen LogP contribution in [0.15, 0.2) is 289 Å². The summed E-state index contributed by atoms with van der Waals surface area (Å²) in [4.78, 5) is 8.05. The number of anilines is 6. The van der Waals surface area contributed by atoms with Crippen LogP contribution in [0.4, 0.5) is 34.1 Å². The highest BCUT2D eigenvalue weighted by Gasteiger charge is 2.54. The van der Waals surface area contributed by atoms with Crippen molar-refractivity contribution in [2.45, 2.75) is 92.8 Å². The van der Waals surface area contributed by atoms with Gasteiger partial charge in [0.2, 0.25) is 0 Å². The standard InChI is InChI=1S/C87H71BN2S2Si/c1-84(2,3)58-41-43-60(44-42-58)89-75-55-72-66(65-34-20-21-35-68(65)87(72)70-36-22-24-38-79(70)91-80-39-25-23-37-71(80)87)54-74(75)88-81-76(89)52-64(53-77(81)90(59-28-14-9-15-29-59)82-67-50-57(56-26-12-8-13-27-56)40-47-78(67)92-83(82)88)93(61-30-16-10-17-31-61,62-32-18-11-19-33-62)63-45-46-69-73(51-63)86(6,7)49-48-85(69,4)5/h8-47,50-55H,48-49H2,1-7H3. The highest BCUT2D eigenvalue weighted by atomic mass is 32.2. The largest absolute Gasteiger partial charge is 0.311 e. The van der Waals surface area contributed by atoms with Crippen molar-refractivity contribution in [3.63, 3.8) is 0 Å². The zero-order valence-electron chi connectivity index (χ0n) is 53.8. The monoisotopic (exact) mass is 1250 g/mol. The van der Waals surface area contributed by atoms with Gasteiger partial charge in [0.25, 0.3) is 6.71 Å². The highest BCUT2D eigenvalue weighted by Crippen LogP contribution is 2.63. The third-order valence-corrected chi connectivity index (χ3v) is 29.0. The first-order valence-corrected chi connectivity index (χ1v) is 36.8. The molecule has 0 N–H and O–H groups in total. The lowest BCUT2D eigenvalue weighted by molar-refractivity contribution is 0.332. The molecule has 0 fully saturated rings. The Hall–Kier alpha value is -9.17. The molecule has 0 atom stereocenters. The molecule has 1 aromatic heterocycles. The van der Waals surface area contributed by atoms with E-state index in [4.69, 9.17) is 0 Å². The average Bonchev–Trinajstić information content (AvgIpc) is 1.60. The van der Waals surface area contributed by atoms with Crippen LogP contribution in [-0.4, -0.2) is 14.8 Å². The molecule has 1 spiro atoms. The van der Waals surface area contributed by atoms with Crippen LogP contribution in [0.25, 0.3) is 32.3 Å². The van der Waals surface area contributed by atoms with Crippen molar-refractivity contribution in [1.82, 2.24) is 0 Å². The summed E-state index contributed by atoms with van der Waals surface area (Å²) >= 11 is 3.90. The minimum atomic E-state index is -3.37. The Morgan fingerprint density at radius 2 is 0.968 bits per heavy atom. The van der Waals surface area contributed by atoms with Gasteiger partial charge in [0, 0.05) is 53.1 Å². The normalized spacial score (nSPS) is 15.8. The zero-order chi connectivity index (χ0) is 62.8. The Bertz CT molecular complexity index is 5100. The predicted molar refractivity (Wildman–Crippen MR) is 400 cm³/mol. The van der Waals surface area contributed by atoms with Crippen LogP contribution in [0.3, 0.4) is 0 Å². The molecule has 4 heterocycles. The van der Waals surface area contributed by atoms with Crippen LogP contribution in [0.5, 0.6) is 0 Å². The van der Waals surface area contributed by atoms with E-state index in [1.165, 1.54) is 140 Å². The second kappa shape index (κ2) is 20.7. The van der Waals surface area contributed by atoms with E-state index in [2.05, 4.69) is 337 Å². The Morgan fingerprint density at radius 1 is 0.409 bits per heavy atom. The number of thiophene rings is 1. The van der Waals surface area contributed by atoms with E-state index in [1.54, 1.807) is 0 Å². The van der Waals surface area contributed by atoms with Gasteiger partial charge in [-0.05, 0) is 189 Å². The highest BCUT2D eigenvalue weighted by molar-refractivity contribution is 7.99. The van der Waals surface area contributed by atoms with Crippen LogP contribution in [0.1, 0.15) is 100 Å². The van der Waals surface area contributed by atoms with Gasteiger partial charge in [0.05, 0.1) is 11.1 Å². The number of rotatable bonds is 7. The molecule has 0 bridgehead atoms. The molecule has 0 unspecified atom stereocenters. The summed E-state index contributed by atoms with van der Waals surface area (Å²) in [7, 11) is -3.37. The molecule has 0 radical (unpaired) electrons. The summed E-state index contributed by atoms with van der Waals surface area (Å²) < 4.78 is 2.65. The Balaban J connectivity index is 1.03. The number of para-hydroxylation sites is 1. The van der Waals surface area contributed by atoms with Gasteiger partial charge in [-0.15, -0.1) is 11.3 Å². The summed E-state index contributed by atoms with van der Waals surface area (Å²) in [5.41, 5.74) is 24.0. The Labute approximate surface area is 557 Å². The van der Waals surface area contributed by atoms with E-state index in [-0.39, 0.29) is 23.0 Å². The van der Waals surface area contributed by atoms with Gasteiger partial charge in [0.1, 0.15) is 0 Å². The molecular weight excluding hydrogens is 1180 g/mol. The number of hydrogen-bond donors (Lipinski definition) is 0. The van der Waals surface area contributed by atoms with E-state index in [0.29, 0.717) is 0 Å². The predicted octanol–water partition coefficient (Wildman–Crippen LogP) is 18.5. The fraction of sp³-hybridized carbons (Fsp3) is 0.149. The fourth-order valence-electron chi connectivity index (χ4n) is 17.3. The van der Waals surface area contributed by atoms with Crippen LogP contribution >= 0.6 is 23.1 Å². The maximum absolute atomic E-state index is 3.37. The molecule has 2 nitrogen and oxygen atoms in total. The van der Waals surface area contributed by atoms with Gasteiger partial charge in [-0.25, -0.2) is 0 Å². The van der Waals surface area contributed by atoms with Gasteiger partial charge in [-0.3, -0.25) is 0 Å². The number of hydrogen-bond acceptors (Lipinski definition) is 4. The lowest BCUT2D eigenvalue weighted by atomic mass is 9.36.